The lowest BCUT2D eigenvalue weighted by Crippen LogP contribution is -2.27. The van der Waals surface area contributed by atoms with Crippen LogP contribution in [0.25, 0.3) is 16.8 Å². The van der Waals surface area contributed by atoms with Gasteiger partial charge >= 0.3 is 5.97 Å². The van der Waals surface area contributed by atoms with E-state index >= 15 is 0 Å². The van der Waals surface area contributed by atoms with Crippen LogP contribution in [0.3, 0.4) is 0 Å². The molecular weight excluding hydrogens is 492 g/mol. The highest BCUT2D eigenvalue weighted by atomic mass is 32.1. The maximum atomic E-state index is 12.3. The summed E-state index contributed by atoms with van der Waals surface area (Å²) in [5.41, 5.74) is 5.10. The monoisotopic (exact) mass is 528 g/mol. The van der Waals surface area contributed by atoms with Gasteiger partial charge in [-0.25, -0.2) is 9.78 Å². The number of ether oxygens (including phenoxy) is 1. The number of carbonyl (C=O) groups is 1. The molecule has 1 aliphatic rings. The van der Waals surface area contributed by atoms with E-state index < -0.39 is 0 Å². The molecule has 4 rings (SSSR count). The van der Waals surface area contributed by atoms with Crippen LogP contribution in [-0.4, -0.2) is 42.1 Å². The van der Waals surface area contributed by atoms with E-state index in [9.17, 15) is 10.1 Å². The van der Waals surface area contributed by atoms with Crippen molar-refractivity contribution in [3.63, 3.8) is 0 Å². The van der Waals surface area contributed by atoms with Crippen LogP contribution in [0.4, 0.5) is 5.69 Å². The maximum Gasteiger partial charge on any atom is 0.338 e. The number of hydrogen-bond donors (Lipinski definition) is 1. The molecule has 0 spiro atoms. The first kappa shape index (κ1) is 27.6. The number of carbonyl (C=O) groups excluding carboxylic acids is 1. The van der Waals surface area contributed by atoms with E-state index in [1.165, 1.54) is 49.0 Å². The van der Waals surface area contributed by atoms with Crippen LogP contribution in [0.15, 0.2) is 60.1 Å². The Morgan fingerprint density at radius 3 is 2.47 bits per heavy atom. The van der Waals surface area contributed by atoms with Gasteiger partial charge in [0.2, 0.25) is 0 Å². The molecular formula is C31H36N4O2S. The van der Waals surface area contributed by atoms with Gasteiger partial charge in [0.15, 0.2) is 0 Å². The third-order valence-electron chi connectivity index (χ3n) is 7.18. The minimum Gasteiger partial charge on any atom is -0.461 e. The lowest BCUT2D eigenvalue weighted by atomic mass is 9.84. The van der Waals surface area contributed by atoms with Gasteiger partial charge in [-0.2, -0.15) is 5.26 Å². The Bertz CT molecular complexity index is 1250. The van der Waals surface area contributed by atoms with Crippen LogP contribution in [-0.2, 0) is 4.74 Å². The molecule has 0 radical (unpaired) electrons. The maximum absolute atomic E-state index is 12.3. The number of benzene rings is 2. The number of esters is 1. The van der Waals surface area contributed by atoms with Crippen molar-refractivity contribution in [2.45, 2.75) is 51.9 Å². The summed E-state index contributed by atoms with van der Waals surface area (Å²) in [5.74, 6) is 0.347. The third kappa shape index (κ3) is 7.31. The van der Waals surface area contributed by atoms with Gasteiger partial charge in [-0.1, -0.05) is 57.4 Å². The lowest BCUT2D eigenvalue weighted by Gasteiger charge is -2.22. The molecule has 7 heteroatoms. The second-order valence-corrected chi connectivity index (χ2v) is 10.4. The molecule has 38 heavy (non-hydrogen) atoms. The average Bonchev–Trinajstić information content (AvgIpc) is 3.46. The van der Waals surface area contributed by atoms with Crippen LogP contribution >= 0.6 is 11.3 Å². The van der Waals surface area contributed by atoms with Crippen LogP contribution < -0.4 is 5.32 Å². The number of nitrogens with one attached hydrogen (secondary N) is 1. The Labute approximate surface area is 230 Å². The van der Waals surface area contributed by atoms with E-state index in [0.29, 0.717) is 28.7 Å². The number of hydrogen-bond acceptors (Lipinski definition) is 7. The van der Waals surface area contributed by atoms with Gasteiger partial charge in [-0.15, -0.1) is 11.3 Å². The second kappa shape index (κ2) is 13.9. The Morgan fingerprint density at radius 1 is 1.11 bits per heavy atom. The second-order valence-electron chi connectivity index (χ2n) is 9.55. The molecule has 1 heterocycles. The van der Waals surface area contributed by atoms with E-state index in [1.54, 1.807) is 30.5 Å². The molecule has 198 valence electrons. The quantitative estimate of drug-likeness (QED) is 0.207. The fraction of sp³-hybridized carbons (Fsp3) is 0.387. The minimum absolute atomic E-state index is 0.334. The molecule has 0 saturated heterocycles. The number of rotatable bonds is 11. The van der Waals surface area contributed by atoms with Crippen molar-refractivity contribution in [3.05, 3.63) is 76.2 Å². The summed E-state index contributed by atoms with van der Waals surface area (Å²) in [5, 5.41) is 15.5. The summed E-state index contributed by atoms with van der Waals surface area (Å²) in [7, 11) is 0. The first-order valence-corrected chi connectivity index (χ1v) is 14.4. The van der Waals surface area contributed by atoms with Crippen molar-refractivity contribution in [1.82, 2.24) is 9.88 Å². The smallest absolute Gasteiger partial charge is 0.338 e. The fourth-order valence-corrected chi connectivity index (χ4v) is 5.58. The van der Waals surface area contributed by atoms with Gasteiger partial charge < -0.3 is 15.0 Å². The van der Waals surface area contributed by atoms with Crippen LogP contribution in [0, 0.1) is 11.3 Å². The molecule has 6 nitrogen and oxygen atoms in total. The summed E-state index contributed by atoms with van der Waals surface area (Å²) in [6.45, 7) is 7.14. The van der Waals surface area contributed by atoms with E-state index in [4.69, 9.17) is 9.72 Å². The number of likely N-dealkylation sites (N-methyl/N-ethyl adjacent to an activating group) is 1. The van der Waals surface area contributed by atoms with E-state index in [-0.39, 0.29) is 5.97 Å². The van der Waals surface area contributed by atoms with Crippen molar-refractivity contribution in [1.29, 1.82) is 5.26 Å². The Kier molecular flexibility index (Phi) is 10.1. The van der Waals surface area contributed by atoms with Gasteiger partial charge in [0.1, 0.15) is 23.3 Å². The largest absolute Gasteiger partial charge is 0.461 e. The number of allylic oxidation sites excluding steroid dienone is 1. The van der Waals surface area contributed by atoms with Crippen molar-refractivity contribution in [2.75, 3.05) is 31.6 Å². The summed E-state index contributed by atoms with van der Waals surface area (Å²) in [6, 6.07) is 18.0. The molecule has 1 saturated carbocycles. The summed E-state index contributed by atoms with van der Waals surface area (Å²) >= 11 is 1.46. The van der Waals surface area contributed by atoms with E-state index in [1.807, 2.05) is 5.38 Å². The zero-order valence-electron chi connectivity index (χ0n) is 22.3. The first-order chi connectivity index (χ1) is 18.6. The number of aromatic nitrogens is 1. The van der Waals surface area contributed by atoms with Crippen LogP contribution in [0.2, 0.25) is 0 Å². The van der Waals surface area contributed by atoms with Gasteiger partial charge in [0, 0.05) is 29.4 Å². The van der Waals surface area contributed by atoms with Crippen LogP contribution in [0.1, 0.15) is 72.8 Å². The lowest BCUT2D eigenvalue weighted by molar-refractivity contribution is 0.0466. The predicted molar refractivity (Wildman–Crippen MR) is 155 cm³/mol. The Balaban J connectivity index is 1.34. The average molecular weight is 529 g/mol. The topological polar surface area (TPSA) is 78.2 Å². The van der Waals surface area contributed by atoms with Crippen molar-refractivity contribution >= 4 is 28.6 Å². The highest BCUT2D eigenvalue weighted by Gasteiger charge is 2.16. The number of thiazole rings is 1. The van der Waals surface area contributed by atoms with Crippen molar-refractivity contribution < 1.29 is 9.53 Å². The molecule has 1 aliphatic carbocycles. The zero-order chi connectivity index (χ0) is 26.7. The molecule has 0 unspecified atom stereocenters. The molecule has 0 bridgehead atoms. The molecule has 1 aromatic heterocycles. The predicted octanol–water partition coefficient (Wildman–Crippen LogP) is 7.33. The highest BCUT2D eigenvalue weighted by Crippen LogP contribution is 2.34. The molecule has 0 aliphatic heterocycles. The summed E-state index contributed by atoms with van der Waals surface area (Å²) in [4.78, 5) is 19.2. The van der Waals surface area contributed by atoms with Gasteiger partial charge in [-0.3, -0.25) is 0 Å². The number of nitrogens with zero attached hydrogens (tertiary/aromatic N) is 3. The van der Waals surface area contributed by atoms with E-state index in [0.717, 1.165) is 36.6 Å². The van der Waals surface area contributed by atoms with Gasteiger partial charge in [0.05, 0.1) is 11.3 Å². The van der Waals surface area contributed by atoms with Crippen molar-refractivity contribution in [2.24, 2.45) is 0 Å². The van der Waals surface area contributed by atoms with E-state index in [2.05, 4.69) is 54.4 Å². The number of nitriles is 1. The van der Waals surface area contributed by atoms with Gasteiger partial charge in [-0.05, 0) is 61.7 Å². The number of anilines is 1. The normalized spacial score (nSPS) is 14.3. The molecule has 1 N–H and O–H groups in total. The SMILES string of the molecule is CCN(CC)CCOC(=O)c1ccc(N/C=C(/C#N)c2nc(-c3ccc(C4CCCCC4)cc3)cs2)cc1. The first-order valence-electron chi connectivity index (χ1n) is 13.5. The summed E-state index contributed by atoms with van der Waals surface area (Å²) < 4.78 is 5.39. The fourth-order valence-electron chi connectivity index (χ4n) is 4.78. The molecule has 3 aromatic rings. The minimum atomic E-state index is -0.334. The van der Waals surface area contributed by atoms with Crippen LogP contribution in [0.5, 0.6) is 0 Å². The van der Waals surface area contributed by atoms with Crippen molar-refractivity contribution in [3.8, 4) is 17.3 Å². The molecule has 2 aromatic carbocycles. The Hall–Kier alpha value is -3.47. The zero-order valence-corrected chi connectivity index (χ0v) is 23.1. The summed E-state index contributed by atoms with van der Waals surface area (Å²) in [6.07, 6.45) is 8.24. The molecule has 1 fully saturated rings. The highest BCUT2D eigenvalue weighted by molar-refractivity contribution is 7.11. The molecule has 0 atom stereocenters. The van der Waals surface area contributed by atoms with Gasteiger partial charge in [0.25, 0.3) is 0 Å². The third-order valence-corrected chi connectivity index (χ3v) is 8.05. The standard InChI is InChI=1S/C31H36N4O2S/c1-3-35(4-2)18-19-37-31(36)26-14-16-28(17-15-26)33-21-27(20-32)30-34-29(22-38-30)25-12-10-24(11-13-25)23-8-6-5-7-9-23/h10-17,21-23,33H,3-9,18-19H2,1-2H3/b27-21-. The Morgan fingerprint density at radius 2 is 1.82 bits per heavy atom. The molecule has 0 amide bonds.